The topological polar surface area (TPSA) is 63.2 Å². The van der Waals surface area contributed by atoms with Crippen LogP contribution in [-0.4, -0.2) is 17.2 Å². The van der Waals surface area contributed by atoms with Gasteiger partial charge < -0.3 is 10.1 Å². The largest absolute Gasteiger partial charge is 0.471 e. The van der Waals surface area contributed by atoms with Gasteiger partial charge in [0.15, 0.2) is 6.23 Å². The SMILES string of the molecule is Cc1ccc(NC(=O)NC(C)Oc2ccc(Cl)cc2)nc1. The fraction of sp³-hybridized carbons (Fsp3) is 0.200. The highest BCUT2D eigenvalue weighted by molar-refractivity contribution is 6.30. The third-order valence-electron chi connectivity index (χ3n) is 2.61. The van der Waals surface area contributed by atoms with Crippen molar-refractivity contribution < 1.29 is 9.53 Å². The average Bonchev–Trinajstić information content (AvgIpc) is 2.44. The second kappa shape index (κ2) is 6.95. The molecule has 0 saturated heterocycles. The third kappa shape index (κ3) is 4.96. The summed E-state index contributed by atoms with van der Waals surface area (Å²) >= 11 is 5.79. The molecule has 0 aliphatic rings. The number of hydrogen-bond acceptors (Lipinski definition) is 3. The molecule has 0 radical (unpaired) electrons. The molecule has 21 heavy (non-hydrogen) atoms. The molecule has 0 aliphatic carbocycles. The Balaban J connectivity index is 1.84. The zero-order valence-electron chi connectivity index (χ0n) is 11.8. The van der Waals surface area contributed by atoms with Gasteiger partial charge in [-0.3, -0.25) is 5.32 Å². The molecule has 2 aromatic rings. The first-order valence-electron chi connectivity index (χ1n) is 6.45. The van der Waals surface area contributed by atoms with E-state index in [1.54, 1.807) is 43.5 Å². The Labute approximate surface area is 128 Å². The van der Waals surface area contributed by atoms with Crippen LogP contribution < -0.4 is 15.4 Å². The number of rotatable bonds is 4. The average molecular weight is 306 g/mol. The number of anilines is 1. The molecule has 1 aromatic carbocycles. The number of carbonyl (C=O) groups is 1. The highest BCUT2D eigenvalue weighted by Gasteiger charge is 2.09. The summed E-state index contributed by atoms with van der Waals surface area (Å²) in [7, 11) is 0. The molecule has 2 amide bonds. The Bertz CT molecular complexity index is 599. The first kappa shape index (κ1) is 15.1. The van der Waals surface area contributed by atoms with Crippen molar-refractivity contribution in [2.45, 2.75) is 20.1 Å². The highest BCUT2D eigenvalue weighted by Crippen LogP contribution is 2.16. The van der Waals surface area contributed by atoms with E-state index in [0.29, 0.717) is 16.6 Å². The number of aromatic nitrogens is 1. The van der Waals surface area contributed by atoms with E-state index in [2.05, 4.69) is 15.6 Å². The van der Waals surface area contributed by atoms with Crippen LogP contribution in [-0.2, 0) is 0 Å². The maximum Gasteiger partial charge on any atom is 0.323 e. The van der Waals surface area contributed by atoms with Gasteiger partial charge in [-0.05, 0) is 49.7 Å². The fourth-order valence-electron chi connectivity index (χ4n) is 1.63. The summed E-state index contributed by atoms with van der Waals surface area (Å²) in [5.74, 6) is 1.11. The van der Waals surface area contributed by atoms with E-state index in [0.717, 1.165) is 5.56 Å². The first-order valence-corrected chi connectivity index (χ1v) is 6.83. The van der Waals surface area contributed by atoms with Gasteiger partial charge in [-0.1, -0.05) is 17.7 Å². The number of amides is 2. The van der Waals surface area contributed by atoms with Crippen LogP contribution in [0.25, 0.3) is 0 Å². The maximum absolute atomic E-state index is 11.8. The summed E-state index contributed by atoms with van der Waals surface area (Å²) in [5, 5.41) is 5.92. The van der Waals surface area contributed by atoms with E-state index in [9.17, 15) is 4.79 Å². The van der Waals surface area contributed by atoms with Crippen molar-refractivity contribution in [3.8, 4) is 5.75 Å². The Morgan fingerprint density at radius 2 is 1.95 bits per heavy atom. The van der Waals surface area contributed by atoms with Crippen molar-refractivity contribution in [2.75, 3.05) is 5.32 Å². The molecule has 1 unspecified atom stereocenters. The molecular formula is C15H16ClN3O2. The fourth-order valence-corrected chi connectivity index (χ4v) is 1.75. The molecule has 1 heterocycles. The second-order valence-electron chi connectivity index (χ2n) is 4.53. The Morgan fingerprint density at radius 3 is 2.57 bits per heavy atom. The van der Waals surface area contributed by atoms with Crippen LogP contribution >= 0.6 is 11.6 Å². The van der Waals surface area contributed by atoms with Crippen LogP contribution in [0.4, 0.5) is 10.6 Å². The number of ether oxygens (including phenoxy) is 1. The smallest absolute Gasteiger partial charge is 0.323 e. The van der Waals surface area contributed by atoms with Gasteiger partial charge in [0.2, 0.25) is 0 Å². The Morgan fingerprint density at radius 1 is 1.24 bits per heavy atom. The van der Waals surface area contributed by atoms with Gasteiger partial charge in [0.1, 0.15) is 11.6 Å². The third-order valence-corrected chi connectivity index (χ3v) is 2.87. The molecule has 0 bridgehead atoms. The molecule has 6 heteroatoms. The number of halogens is 1. The van der Waals surface area contributed by atoms with Gasteiger partial charge in [-0.25, -0.2) is 9.78 Å². The molecular weight excluding hydrogens is 290 g/mol. The molecule has 2 N–H and O–H groups in total. The van der Waals surface area contributed by atoms with Gasteiger partial charge in [0, 0.05) is 11.2 Å². The van der Waals surface area contributed by atoms with Crippen molar-refractivity contribution in [2.24, 2.45) is 0 Å². The number of urea groups is 1. The minimum Gasteiger partial charge on any atom is -0.471 e. The zero-order valence-corrected chi connectivity index (χ0v) is 12.5. The van der Waals surface area contributed by atoms with E-state index < -0.39 is 6.23 Å². The predicted molar refractivity (Wildman–Crippen MR) is 82.7 cm³/mol. The van der Waals surface area contributed by atoms with Gasteiger partial charge in [-0.15, -0.1) is 0 Å². The van der Waals surface area contributed by atoms with Crippen LogP contribution in [0.2, 0.25) is 5.02 Å². The highest BCUT2D eigenvalue weighted by atomic mass is 35.5. The van der Waals surface area contributed by atoms with Crippen LogP contribution in [0.1, 0.15) is 12.5 Å². The number of carbonyl (C=O) groups excluding carboxylic acids is 1. The molecule has 110 valence electrons. The van der Waals surface area contributed by atoms with E-state index in [-0.39, 0.29) is 6.03 Å². The minimum atomic E-state index is -0.489. The van der Waals surface area contributed by atoms with Gasteiger partial charge in [0.05, 0.1) is 0 Å². The van der Waals surface area contributed by atoms with Crippen molar-refractivity contribution in [3.63, 3.8) is 0 Å². The van der Waals surface area contributed by atoms with Crippen LogP contribution in [0.5, 0.6) is 5.75 Å². The van der Waals surface area contributed by atoms with E-state index in [1.165, 1.54) is 0 Å². The van der Waals surface area contributed by atoms with Crippen LogP contribution in [0.3, 0.4) is 0 Å². The van der Waals surface area contributed by atoms with Crippen molar-refractivity contribution >= 4 is 23.4 Å². The molecule has 1 atom stereocenters. The molecule has 2 rings (SSSR count). The second-order valence-corrected chi connectivity index (χ2v) is 4.97. The predicted octanol–water partition coefficient (Wildman–Crippen LogP) is 3.59. The number of hydrogen-bond donors (Lipinski definition) is 2. The summed E-state index contributed by atoms with van der Waals surface area (Å²) in [6.07, 6.45) is 1.19. The molecule has 1 aromatic heterocycles. The number of nitrogens with one attached hydrogen (secondary N) is 2. The van der Waals surface area contributed by atoms with Crippen molar-refractivity contribution in [1.29, 1.82) is 0 Å². The Kier molecular flexibility index (Phi) is 5.00. The number of benzene rings is 1. The van der Waals surface area contributed by atoms with Gasteiger partial charge >= 0.3 is 6.03 Å². The number of aryl methyl sites for hydroxylation is 1. The lowest BCUT2D eigenvalue weighted by Crippen LogP contribution is -2.39. The summed E-state index contributed by atoms with van der Waals surface area (Å²) in [5.41, 5.74) is 1.03. The molecule has 0 spiro atoms. The number of nitrogens with zero attached hydrogens (tertiary/aromatic N) is 1. The molecule has 0 saturated carbocycles. The van der Waals surface area contributed by atoms with Gasteiger partial charge in [0.25, 0.3) is 0 Å². The van der Waals surface area contributed by atoms with Crippen molar-refractivity contribution in [3.05, 3.63) is 53.2 Å². The summed E-state index contributed by atoms with van der Waals surface area (Å²) in [6, 6.07) is 10.1. The monoisotopic (exact) mass is 305 g/mol. The molecule has 0 fully saturated rings. The lowest BCUT2D eigenvalue weighted by atomic mass is 10.3. The molecule has 0 aliphatic heterocycles. The Hall–Kier alpha value is -2.27. The van der Waals surface area contributed by atoms with E-state index in [4.69, 9.17) is 16.3 Å². The quantitative estimate of drug-likeness (QED) is 0.849. The van der Waals surface area contributed by atoms with Crippen LogP contribution in [0, 0.1) is 6.92 Å². The van der Waals surface area contributed by atoms with Crippen molar-refractivity contribution in [1.82, 2.24) is 10.3 Å². The minimum absolute atomic E-state index is 0.382. The zero-order chi connectivity index (χ0) is 15.2. The summed E-state index contributed by atoms with van der Waals surface area (Å²) in [6.45, 7) is 3.66. The standard InChI is InChI=1S/C15H16ClN3O2/c1-10-3-8-14(17-9-10)19-15(20)18-11(2)21-13-6-4-12(16)5-7-13/h3-9,11H,1-2H3,(H2,17,18,19,20). The lowest BCUT2D eigenvalue weighted by molar-refractivity contribution is 0.183. The summed E-state index contributed by atoms with van der Waals surface area (Å²) < 4.78 is 5.55. The normalized spacial score (nSPS) is 11.6. The van der Waals surface area contributed by atoms with E-state index in [1.807, 2.05) is 13.0 Å². The number of pyridine rings is 1. The maximum atomic E-state index is 11.8. The molecule has 5 nitrogen and oxygen atoms in total. The van der Waals surface area contributed by atoms with E-state index >= 15 is 0 Å². The summed E-state index contributed by atoms with van der Waals surface area (Å²) in [4.78, 5) is 15.9. The van der Waals surface area contributed by atoms with Gasteiger partial charge in [-0.2, -0.15) is 0 Å². The lowest BCUT2D eigenvalue weighted by Gasteiger charge is -2.16. The van der Waals surface area contributed by atoms with Crippen LogP contribution in [0.15, 0.2) is 42.6 Å². The first-order chi connectivity index (χ1) is 10.0.